The molecule has 1 aromatic heterocycles. The Kier molecular flexibility index (Phi) is 4.72. The van der Waals surface area contributed by atoms with Crippen molar-refractivity contribution >= 4 is 23.1 Å². The molecule has 0 aliphatic heterocycles. The van der Waals surface area contributed by atoms with Crippen LogP contribution in [0, 0.1) is 5.82 Å². The van der Waals surface area contributed by atoms with Gasteiger partial charge < -0.3 is 4.74 Å². The van der Waals surface area contributed by atoms with Crippen LogP contribution in [0.3, 0.4) is 0 Å². The lowest BCUT2D eigenvalue weighted by atomic mass is 10.2. The van der Waals surface area contributed by atoms with Crippen LogP contribution in [0.1, 0.15) is 11.4 Å². The van der Waals surface area contributed by atoms with Gasteiger partial charge in [-0.3, -0.25) is 9.36 Å². The molecule has 0 atom stereocenters. The van der Waals surface area contributed by atoms with Crippen molar-refractivity contribution in [2.24, 2.45) is 0 Å². The number of benzene rings is 3. The molecule has 4 aromatic rings. The second-order valence-electron chi connectivity index (χ2n) is 6.18. The van der Waals surface area contributed by atoms with E-state index in [2.05, 4.69) is 4.98 Å². The Bertz CT molecular complexity index is 1240. The Hall–Kier alpha value is -3.73. The van der Waals surface area contributed by atoms with Crippen LogP contribution in [0.4, 0.5) is 4.39 Å². The van der Waals surface area contributed by atoms with E-state index in [1.54, 1.807) is 79.9 Å². The van der Waals surface area contributed by atoms with Gasteiger partial charge in [0.1, 0.15) is 17.4 Å². The number of ether oxygens (including phenoxy) is 1. The topological polar surface area (TPSA) is 44.1 Å². The number of hydrogen-bond donors (Lipinski definition) is 0. The van der Waals surface area contributed by atoms with Crippen LogP contribution in [0.5, 0.6) is 5.75 Å². The molecular formula is C23H17FN2O2. The Labute approximate surface area is 161 Å². The van der Waals surface area contributed by atoms with Crippen molar-refractivity contribution in [1.82, 2.24) is 9.55 Å². The number of nitrogens with zero attached hydrogens (tertiary/aromatic N) is 2. The average molecular weight is 372 g/mol. The molecule has 4 rings (SSSR count). The molecule has 4 nitrogen and oxygen atoms in total. The van der Waals surface area contributed by atoms with Crippen molar-refractivity contribution in [3.05, 3.63) is 100 Å². The first-order valence-corrected chi connectivity index (χ1v) is 8.76. The molecule has 0 unspecified atom stereocenters. The van der Waals surface area contributed by atoms with Crippen LogP contribution in [-0.4, -0.2) is 16.7 Å². The second-order valence-corrected chi connectivity index (χ2v) is 6.18. The summed E-state index contributed by atoms with van der Waals surface area (Å²) in [5, 5.41) is 0.508. The summed E-state index contributed by atoms with van der Waals surface area (Å²) in [6.07, 6.45) is 3.26. The number of hydrogen-bond acceptors (Lipinski definition) is 3. The summed E-state index contributed by atoms with van der Waals surface area (Å²) in [5.41, 5.74) is 1.42. The molecule has 0 N–H and O–H groups in total. The van der Waals surface area contributed by atoms with Crippen molar-refractivity contribution in [1.29, 1.82) is 0 Å². The van der Waals surface area contributed by atoms with Gasteiger partial charge in [0.05, 0.1) is 23.7 Å². The van der Waals surface area contributed by atoms with Crippen LogP contribution in [0.25, 0.3) is 28.7 Å². The van der Waals surface area contributed by atoms with Gasteiger partial charge in [0.15, 0.2) is 0 Å². The zero-order valence-electron chi connectivity index (χ0n) is 15.2. The summed E-state index contributed by atoms with van der Waals surface area (Å²) in [6, 6.07) is 20.8. The summed E-state index contributed by atoms with van der Waals surface area (Å²) < 4.78 is 20.8. The zero-order chi connectivity index (χ0) is 19.5. The molecule has 28 heavy (non-hydrogen) atoms. The Morgan fingerprint density at radius 2 is 1.75 bits per heavy atom. The smallest absolute Gasteiger partial charge is 0.266 e. The van der Waals surface area contributed by atoms with E-state index < -0.39 is 0 Å². The molecule has 0 saturated heterocycles. The van der Waals surface area contributed by atoms with Crippen LogP contribution >= 0.6 is 0 Å². The molecule has 3 aromatic carbocycles. The molecule has 1 heterocycles. The maximum absolute atomic E-state index is 14.0. The van der Waals surface area contributed by atoms with Crippen LogP contribution in [0.2, 0.25) is 0 Å². The summed E-state index contributed by atoms with van der Waals surface area (Å²) >= 11 is 0. The minimum absolute atomic E-state index is 0.202. The quantitative estimate of drug-likeness (QED) is 0.521. The zero-order valence-corrected chi connectivity index (χ0v) is 15.2. The summed E-state index contributed by atoms with van der Waals surface area (Å²) in [6.45, 7) is 0. The van der Waals surface area contributed by atoms with Gasteiger partial charge in [0, 0.05) is 11.6 Å². The van der Waals surface area contributed by atoms with Gasteiger partial charge in [-0.05, 0) is 42.5 Å². The van der Waals surface area contributed by atoms with E-state index in [0.29, 0.717) is 33.7 Å². The van der Waals surface area contributed by atoms with Gasteiger partial charge in [-0.1, -0.05) is 36.4 Å². The first kappa shape index (κ1) is 17.7. The molecule has 0 amide bonds. The van der Waals surface area contributed by atoms with Gasteiger partial charge in [-0.25, -0.2) is 9.37 Å². The van der Waals surface area contributed by atoms with Gasteiger partial charge in [0.2, 0.25) is 0 Å². The number of methoxy groups -OCH3 is 1. The lowest BCUT2D eigenvalue weighted by Gasteiger charge is -2.12. The first-order chi connectivity index (χ1) is 13.7. The maximum Gasteiger partial charge on any atom is 0.266 e. The van der Waals surface area contributed by atoms with E-state index in [4.69, 9.17) is 4.74 Å². The molecular weight excluding hydrogens is 355 g/mol. The second kappa shape index (κ2) is 7.48. The lowest BCUT2D eigenvalue weighted by Crippen LogP contribution is -2.22. The predicted octanol–water partition coefficient (Wildman–Crippen LogP) is 4.70. The minimum Gasteiger partial charge on any atom is -0.497 e. The Morgan fingerprint density at radius 1 is 0.964 bits per heavy atom. The highest BCUT2D eigenvalue weighted by atomic mass is 19.1. The van der Waals surface area contributed by atoms with Gasteiger partial charge in [0.25, 0.3) is 5.56 Å². The van der Waals surface area contributed by atoms with E-state index in [1.807, 2.05) is 6.07 Å². The van der Waals surface area contributed by atoms with E-state index >= 15 is 0 Å². The summed E-state index contributed by atoms with van der Waals surface area (Å²) in [5.74, 6) is 0.691. The van der Waals surface area contributed by atoms with Gasteiger partial charge in [-0.15, -0.1) is 0 Å². The average Bonchev–Trinajstić information content (AvgIpc) is 2.73. The van der Waals surface area contributed by atoms with Crippen LogP contribution in [-0.2, 0) is 0 Å². The van der Waals surface area contributed by atoms with E-state index in [0.717, 1.165) is 0 Å². The van der Waals surface area contributed by atoms with E-state index in [-0.39, 0.29) is 11.4 Å². The molecule has 0 spiro atoms. The van der Waals surface area contributed by atoms with Gasteiger partial charge >= 0.3 is 0 Å². The molecule has 0 bridgehead atoms. The van der Waals surface area contributed by atoms with E-state index in [9.17, 15) is 9.18 Å². The highest BCUT2D eigenvalue weighted by molar-refractivity contribution is 5.80. The van der Waals surface area contributed by atoms with Crippen molar-refractivity contribution in [2.75, 3.05) is 7.11 Å². The molecule has 0 radical (unpaired) electrons. The molecule has 0 aliphatic carbocycles. The molecule has 0 aliphatic rings. The Morgan fingerprint density at radius 3 is 2.57 bits per heavy atom. The third kappa shape index (κ3) is 3.30. The molecule has 0 saturated carbocycles. The monoisotopic (exact) mass is 372 g/mol. The van der Waals surface area contributed by atoms with Crippen molar-refractivity contribution in [3.8, 4) is 11.4 Å². The first-order valence-electron chi connectivity index (χ1n) is 8.76. The normalized spacial score (nSPS) is 11.2. The maximum atomic E-state index is 14.0. The molecule has 5 heteroatoms. The molecule has 138 valence electrons. The number of rotatable bonds is 4. The van der Waals surface area contributed by atoms with Crippen molar-refractivity contribution < 1.29 is 9.13 Å². The fraction of sp³-hybridized carbons (Fsp3) is 0.0435. The standard InChI is InChI=1S/C23H17FN2O2/c1-28-18-9-6-8-17(15-18)26-22(14-13-16-7-2-4-11-20(16)24)25-21-12-5-3-10-19(21)23(26)27/h2-15H,1H3/b14-13+. The number of halogens is 1. The highest BCUT2D eigenvalue weighted by Crippen LogP contribution is 2.19. The number of para-hydroxylation sites is 1. The molecule has 0 fully saturated rings. The van der Waals surface area contributed by atoms with Crippen LogP contribution < -0.4 is 10.3 Å². The SMILES string of the molecule is COc1cccc(-n2c(/C=C/c3ccccc3F)nc3ccccc3c2=O)c1. The fourth-order valence-electron chi connectivity index (χ4n) is 3.04. The Balaban J connectivity index is 1.96. The third-order valence-corrected chi connectivity index (χ3v) is 4.43. The lowest BCUT2D eigenvalue weighted by molar-refractivity contribution is 0.414. The summed E-state index contributed by atoms with van der Waals surface area (Å²) in [7, 11) is 1.57. The minimum atomic E-state index is -0.338. The van der Waals surface area contributed by atoms with E-state index in [1.165, 1.54) is 10.6 Å². The largest absolute Gasteiger partial charge is 0.497 e. The third-order valence-electron chi connectivity index (χ3n) is 4.43. The van der Waals surface area contributed by atoms with Crippen molar-refractivity contribution in [2.45, 2.75) is 0 Å². The summed E-state index contributed by atoms with van der Waals surface area (Å²) in [4.78, 5) is 17.8. The van der Waals surface area contributed by atoms with Crippen molar-refractivity contribution in [3.63, 3.8) is 0 Å². The van der Waals surface area contributed by atoms with Crippen LogP contribution in [0.15, 0.2) is 77.6 Å². The highest BCUT2D eigenvalue weighted by Gasteiger charge is 2.11. The number of fused-ring (bicyclic) bond motifs is 1. The predicted molar refractivity (Wildman–Crippen MR) is 109 cm³/mol. The number of aromatic nitrogens is 2. The fourth-order valence-corrected chi connectivity index (χ4v) is 3.04. The van der Waals surface area contributed by atoms with Gasteiger partial charge in [-0.2, -0.15) is 0 Å².